The lowest BCUT2D eigenvalue weighted by atomic mass is 9.92. The predicted molar refractivity (Wildman–Crippen MR) is 107 cm³/mol. The lowest BCUT2D eigenvalue weighted by Gasteiger charge is -2.14. The molecule has 1 aromatic heterocycles. The highest BCUT2D eigenvalue weighted by molar-refractivity contribution is 5.90. The van der Waals surface area contributed by atoms with E-state index in [2.05, 4.69) is 32.2 Å². The van der Waals surface area contributed by atoms with Crippen LogP contribution in [-0.4, -0.2) is 15.7 Å². The topological polar surface area (TPSA) is 70.7 Å². The fraction of sp³-hybridized carbons (Fsp3) is 0.500. The number of nitrogens with one attached hydrogen (secondary N) is 1. The number of rotatable bonds is 5. The smallest absolute Gasteiger partial charge is 0.225 e. The highest BCUT2D eigenvalue weighted by Crippen LogP contribution is 2.29. The fourth-order valence-corrected chi connectivity index (χ4v) is 3.55. The molecule has 0 atom stereocenters. The molecule has 1 aromatic carbocycles. The molecule has 0 bridgehead atoms. The second-order valence-electron chi connectivity index (χ2n) is 8.47. The molecule has 1 aliphatic carbocycles. The molecule has 1 aliphatic rings. The van der Waals surface area contributed by atoms with Gasteiger partial charge in [0.1, 0.15) is 5.82 Å². The molecular formula is C22H28N4O. The van der Waals surface area contributed by atoms with Gasteiger partial charge in [-0.1, -0.05) is 46.5 Å². The predicted octanol–water partition coefficient (Wildman–Crippen LogP) is 4.95. The molecule has 5 nitrogen and oxygen atoms in total. The Bertz CT molecular complexity index is 831. The van der Waals surface area contributed by atoms with Gasteiger partial charge in [0.25, 0.3) is 0 Å². The average molecular weight is 364 g/mol. The van der Waals surface area contributed by atoms with Crippen molar-refractivity contribution in [3.8, 4) is 11.8 Å². The van der Waals surface area contributed by atoms with E-state index in [1.807, 2.05) is 18.2 Å². The van der Waals surface area contributed by atoms with Gasteiger partial charge in [-0.2, -0.15) is 10.4 Å². The molecule has 1 saturated carbocycles. The van der Waals surface area contributed by atoms with E-state index in [9.17, 15) is 4.79 Å². The second-order valence-corrected chi connectivity index (χ2v) is 8.47. The molecule has 0 aliphatic heterocycles. The zero-order valence-electron chi connectivity index (χ0n) is 16.5. The van der Waals surface area contributed by atoms with Crippen molar-refractivity contribution in [3.05, 3.63) is 41.6 Å². The van der Waals surface area contributed by atoms with Gasteiger partial charge in [0.05, 0.1) is 23.0 Å². The number of nitrogens with zero attached hydrogens (tertiary/aromatic N) is 3. The number of hydrogen-bond donors (Lipinski definition) is 1. The van der Waals surface area contributed by atoms with Crippen molar-refractivity contribution >= 4 is 11.7 Å². The molecular weight excluding hydrogens is 336 g/mol. The van der Waals surface area contributed by atoms with Crippen LogP contribution in [0.3, 0.4) is 0 Å². The number of nitriles is 1. The number of amides is 1. The minimum absolute atomic E-state index is 0.0390. The quantitative estimate of drug-likeness (QED) is 0.816. The lowest BCUT2D eigenvalue weighted by Crippen LogP contribution is -2.15. The first-order valence-corrected chi connectivity index (χ1v) is 9.78. The van der Waals surface area contributed by atoms with Crippen molar-refractivity contribution in [1.29, 1.82) is 5.26 Å². The first-order valence-electron chi connectivity index (χ1n) is 9.78. The summed E-state index contributed by atoms with van der Waals surface area (Å²) < 4.78 is 1.76. The van der Waals surface area contributed by atoms with Gasteiger partial charge in [0.15, 0.2) is 0 Å². The van der Waals surface area contributed by atoms with Gasteiger partial charge in [-0.25, -0.2) is 4.68 Å². The number of anilines is 1. The molecule has 1 N–H and O–H groups in total. The third-order valence-electron chi connectivity index (χ3n) is 5.24. The number of aromatic nitrogens is 2. The largest absolute Gasteiger partial charge is 0.311 e. The van der Waals surface area contributed by atoms with Gasteiger partial charge in [-0.15, -0.1) is 0 Å². The van der Waals surface area contributed by atoms with E-state index < -0.39 is 0 Å². The Morgan fingerprint density at radius 1 is 1.26 bits per heavy atom. The summed E-state index contributed by atoms with van der Waals surface area (Å²) in [6, 6.07) is 11.3. The van der Waals surface area contributed by atoms with Gasteiger partial charge in [0, 0.05) is 17.9 Å². The van der Waals surface area contributed by atoms with Crippen LogP contribution in [0.25, 0.3) is 5.69 Å². The first kappa shape index (κ1) is 19.2. The Morgan fingerprint density at radius 3 is 2.52 bits per heavy atom. The highest BCUT2D eigenvalue weighted by atomic mass is 16.1. The molecule has 142 valence electrons. The maximum absolute atomic E-state index is 12.5. The van der Waals surface area contributed by atoms with Crippen LogP contribution in [0, 0.1) is 17.2 Å². The van der Waals surface area contributed by atoms with E-state index >= 15 is 0 Å². The number of carbonyl (C=O) groups is 1. The van der Waals surface area contributed by atoms with Crippen LogP contribution in [0.1, 0.15) is 70.6 Å². The summed E-state index contributed by atoms with van der Waals surface area (Å²) >= 11 is 0. The minimum atomic E-state index is -0.124. The fourth-order valence-electron chi connectivity index (χ4n) is 3.55. The third kappa shape index (κ3) is 4.77. The normalized spacial score (nSPS) is 14.9. The maximum Gasteiger partial charge on any atom is 0.225 e. The van der Waals surface area contributed by atoms with Crippen molar-refractivity contribution in [2.75, 3.05) is 5.32 Å². The van der Waals surface area contributed by atoms with Crippen LogP contribution in [0.4, 0.5) is 5.82 Å². The molecule has 0 unspecified atom stereocenters. The number of carbonyl (C=O) groups excluding carboxylic acids is 1. The van der Waals surface area contributed by atoms with E-state index in [0.717, 1.165) is 17.8 Å². The van der Waals surface area contributed by atoms with Crippen LogP contribution >= 0.6 is 0 Å². The summed E-state index contributed by atoms with van der Waals surface area (Å²) in [6.45, 7) is 6.30. The third-order valence-corrected chi connectivity index (χ3v) is 5.24. The zero-order valence-corrected chi connectivity index (χ0v) is 16.5. The second kappa shape index (κ2) is 7.96. The van der Waals surface area contributed by atoms with Crippen molar-refractivity contribution < 1.29 is 4.79 Å². The summed E-state index contributed by atoms with van der Waals surface area (Å²) in [4.78, 5) is 12.5. The van der Waals surface area contributed by atoms with Crippen molar-refractivity contribution in [2.24, 2.45) is 5.92 Å². The summed E-state index contributed by atoms with van der Waals surface area (Å²) in [7, 11) is 0. The Labute approximate surface area is 161 Å². The van der Waals surface area contributed by atoms with Gasteiger partial charge in [-0.3, -0.25) is 4.79 Å². The molecule has 1 fully saturated rings. The van der Waals surface area contributed by atoms with Crippen molar-refractivity contribution in [2.45, 2.75) is 64.7 Å². The zero-order chi connectivity index (χ0) is 19.4. The van der Waals surface area contributed by atoms with Gasteiger partial charge in [0.2, 0.25) is 5.91 Å². The maximum atomic E-state index is 12.5. The van der Waals surface area contributed by atoms with E-state index in [4.69, 9.17) is 10.4 Å². The van der Waals surface area contributed by atoms with Crippen LogP contribution in [-0.2, 0) is 10.2 Å². The first-order chi connectivity index (χ1) is 12.9. The molecule has 1 heterocycles. The van der Waals surface area contributed by atoms with Crippen LogP contribution in [0.15, 0.2) is 30.3 Å². The van der Waals surface area contributed by atoms with E-state index in [0.29, 0.717) is 23.7 Å². The SMILES string of the molecule is CC(C)(C)c1cc(NC(=O)CCC2CCCC2)n(-c2ccc(C#N)cc2)n1. The molecule has 0 spiro atoms. The van der Waals surface area contributed by atoms with E-state index in [1.54, 1.807) is 16.8 Å². The molecule has 1 amide bonds. The summed E-state index contributed by atoms with van der Waals surface area (Å²) in [5.74, 6) is 1.42. The van der Waals surface area contributed by atoms with E-state index in [-0.39, 0.29) is 11.3 Å². The molecule has 3 rings (SSSR count). The standard InChI is InChI=1S/C22H28N4O/c1-22(2,3)19-14-20(24-21(27)13-10-16-6-4-5-7-16)26(25-19)18-11-8-17(15-23)9-12-18/h8-9,11-12,14,16H,4-7,10,13H2,1-3H3,(H,24,27). The Balaban J connectivity index is 1.80. The Morgan fingerprint density at radius 2 is 1.93 bits per heavy atom. The molecule has 27 heavy (non-hydrogen) atoms. The van der Waals surface area contributed by atoms with Crippen LogP contribution in [0.2, 0.25) is 0 Å². The molecule has 2 aromatic rings. The van der Waals surface area contributed by atoms with Gasteiger partial charge < -0.3 is 5.32 Å². The molecule has 0 saturated heterocycles. The minimum Gasteiger partial charge on any atom is -0.311 e. The lowest BCUT2D eigenvalue weighted by molar-refractivity contribution is -0.116. The van der Waals surface area contributed by atoms with Crippen LogP contribution < -0.4 is 5.32 Å². The summed E-state index contributed by atoms with van der Waals surface area (Å²) in [5, 5.41) is 16.8. The highest BCUT2D eigenvalue weighted by Gasteiger charge is 2.22. The van der Waals surface area contributed by atoms with Crippen LogP contribution in [0.5, 0.6) is 0 Å². The van der Waals surface area contributed by atoms with Gasteiger partial charge in [-0.05, 0) is 36.6 Å². The summed E-state index contributed by atoms with van der Waals surface area (Å²) in [5.41, 5.74) is 2.22. The van der Waals surface area contributed by atoms with Crippen molar-refractivity contribution in [3.63, 3.8) is 0 Å². The van der Waals surface area contributed by atoms with Crippen molar-refractivity contribution in [1.82, 2.24) is 9.78 Å². The Hall–Kier alpha value is -2.61. The number of hydrogen-bond acceptors (Lipinski definition) is 3. The molecule has 5 heteroatoms. The summed E-state index contributed by atoms with van der Waals surface area (Å²) in [6.07, 6.45) is 6.62. The van der Waals surface area contributed by atoms with Gasteiger partial charge >= 0.3 is 0 Å². The monoisotopic (exact) mass is 364 g/mol. The average Bonchev–Trinajstić information content (AvgIpc) is 3.29. The number of benzene rings is 1. The molecule has 0 radical (unpaired) electrons. The Kier molecular flexibility index (Phi) is 5.65. The van der Waals surface area contributed by atoms with E-state index in [1.165, 1.54) is 25.7 Å².